The molecule has 1 fully saturated rings. The Balaban J connectivity index is 1.10. The summed E-state index contributed by atoms with van der Waals surface area (Å²) in [6.07, 6.45) is 7.24. The van der Waals surface area contributed by atoms with E-state index in [0.29, 0.717) is 17.1 Å². The number of hydrogen-bond donors (Lipinski definition) is 4. The first-order valence-corrected chi connectivity index (χ1v) is 15.8. The lowest BCUT2D eigenvalue weighted by molar-refractivity contribution is -0.553. The molecule has 14 nitrogen and oxygen atoms in total. The first-order chi connectivity index (χ1) is 19.9. The van der Waals surface area contributed by atoms with Crippen molar-refractivity contribution in [1.82, 2.24) is 24.8 Å². The molecule has 0 aromatic carbocycles. The Morgan fingerprint density at radius 2 is 2.22 bits per heavy atom. The number of oxime groups is 1. The van der Waals surface area contributed by atoms with Crippen molar-refractivity contribution in [3.05, 3.63) is 58.5 Å². The van der Waals surface area contributed by atoms with Crippen LogP contribution in [0.15, 0.2) is 62.9 Å². The number of anilines is 1. The van der Waals surface area contributed by atoms with Crippen molar-refractivity contribution in [3.63, 3.8) is 0 Å². The van der Waals surface area contributed by atoms with E-state index in [1.165, 1.54) is 33.8 Å². The van der Waals surface area contributed by atoms with E-state index in [9.17, 15) is 24.7 Å². The quantitative estimate of drug-likeness (QED) is 0.0909. The largest absolute Gasteiger partial charge is 0.477 e. The van der Waals surface area contributed by atoms with Crippen LogP contribution in [0.4, 0.5) is 5.13 Å². The lowest BCUT2D eigenvalue weighted by Crippen LogP contribution is -2.71. The fourth-order valence-corrected chi connectivity index (χ4v) is 8.43. The number of thioether (sulfide) groups is 3. The number of aromatic nitrogens is 4. The number of aliphatic imine (C=N–C) groups is 1. The number of carbonyl (C=O) groups is 3. The normalized spacial score (nSPS) is 22.4. The summed E-state index contributed by atoms with van der Waals surface area (Å²) in [5.74, 6) is -1.09. The number of carbonyl (C=O) groups excluding carboxylic acids is 2. The molecule has 210 valence electrons. The van der Waals surface area contributed by atoms with Gasteiger partial charge >= 0.3 is 5.97 Å². The molecule has 5 N–H and O–H groups in total. The summed E-state index contributed by atoms with van der Waals surface area (Å²) in [5, 5.41) is 32.1. The number of β-lactam (4-membered cyclic amide) rings is 1. The van der Waals surface area contributed by atoms with Crippen molar-refractivity contribution >= 4 is 92.9 Å². The maximum Gasteiger partial charge on any atom is 0.352 e. The molecule has 1 saturated heterocycles. The summed E-state index contributed by atoms with van der Waals surface area (Å²) in [4.78, 5) is 47.7. The van der Waals surface area contributed by atoms with Crippen LogP contribution >= 0.6 is 46.6 Å². The lowest BCUT2D eigenvalue weighted by atomic mass is 10.0. The van der Waals surface area contributed by atoms with E-state index in [-0.39, 0.29) is 26.8 Å². The summed E-state index contributed by atoms with van der Waals surface area (Å²) in [5.41, 5.74) is 6.68. The molecule has 0 aliphatic carbocycles. The Morgan fingerprint density at radius 1 is 1.37 bits per heavy atom. The molecule has 3 aliphatic rings. The van der Waals surface area contributed by atoms with Gasteiger partial charge in [0.05, 0.1) is 6.20 Å². The van der Waals surface area contributed by atoms with Crippen LogP contribution in [-0.2, 0) is 14.4 Å². The molecule has 3 atom stereocenters. The number of imidazole rings is 1. The molecule has 2 amide bonds. The third kappa shape index (κ3) is 5.07. The number of nitrogens with two attached hydrogens (primary N) is 1. The van der Waals surface area contributed by atoms with E-state index < -0.39 is 29.2 Å². The van der Waals surface area contributed by atoms with Crippen LogP contribution in [0.2, 0.25) is 0 Å². The standard InChI is InChI=1S/C23H19N9O5S4/c24-23-27-12(9-41-23)16(29-37)19(33)28-17-20(34)32-18(22(35)36)11(8-40-21(17)32)7-38-15-6-25-13(10-39-15)30-4-5-31-14(30)2-1-3-26-31/h1-6,9-10,15,17,21H,7-8H2,(H4-,24,27,28,33,35,36,37)/p+1/t15?,17-,21?/m1/s1. The van der Waals surface area contributed by atoms with Gasteiger partial charge in [0.1, 0.15) is 46.0 Å². The fraction of sp³-hybridized carbons (Fsp3) is 0.217. The predicted molar refractivity (Wildman–Crippen MR) is 157 cm³/mol. The van der Waals surface area contributed by atoms with Crippen molar-refractivity contribution in [1.29, 1.82) is 0 Å². The van der Waals surface area contributed by atoms with Gasteiger partial charge in [-0.2, -0.15) is 4.57 Å². The zero-order valence-corrected chi connectivity index (χ0v) is 24.0. The van der Waals surface area contributed by atoms with E-state index in [0.717, 1.165) is 22.8 Å². The monoisotopic (exact) mass is 630 g/mol. The number of carboxylic acids is 1. The molecule has 6 heterocycles. The number of nitrogens with one attached hydrogen (secondary N) is 1. The number of carboxylic acid groups (broad SMARTS) is 1. The van der Waals surface area contributed by atoms with Crippen LogP contribution in [0.1, 0.15) is 5.69 Å². The zero-order chi connectivity index (χ0) is 28.7. The summed E-state index contributed by atoms with van der Waals surface area (Å²) >= 11 is 5.49. The number of nitrogens with zero attached hydrogens (tertiary/aromatic N) is 7. The Kier molecular flexibility index (Phi) is 7.45. The average molecular weight is 631 g/mol. The third-order valence-electron chi connectivity index (χ3n) is 6.28. The second-order valence-electron chi connectivity index (χ2n) is 8.70. The fourth-order valence-electron chi connectivity index (χ4n) is 4.41. The van der Waals surface area contributed by atoms with Crippen molar-refractivity contribution in [2.75, 3.05) is 17.2 Å². The predicted octanol–water partition coefficient (Wildman–Crippen LogP) is 0.910. The highest BCUT2D eigenvalue weighted by atomic mass is 32.2. The molecule has 2 unspecified atom stereocenters. The summed E-state index contributed by atoms with van der Waals surface area (Å²) in [6, 6.07) is 2.81. The number of rotatable bonds is 8. The Morgan fingerprint density at radius 3 is 2.93 bits per heavy atom. The highest BCUT2D eigenvalue weighted by Crippen LogP contribution is 2.42. The van der Waals surface area contributed by atoms with Crippen LogP contribution in [0.3, 0.4) is 0 Å². The molecule has 18 heteroatoms. The molecular formula is C23H20N9O5S4+. The van der Waals surface area contributed by atoms with E-state index in [4.69, 9.17) is 5.73 Å². The second-order valence-corrected chi connectivity index (χ2v) is 13.1. The molecule has 0 bridgehead atoms. The van der Waals surface area contributed by atoms with Crippen LogP contribution in [0.5, 0.6) is 0 Å². The number of thiazole rings is 1. The zero-order valence-electron chi connectivity index (χ0n) is 20.7. The van der Waals surface area contributed by atoms with Crippen LogP contribution in [0.25, 0.3) is 11.5 Å². The Labute approximate surface area is 248 Å². The molecule has 0 saturated carbocycles. The van der Waals surface area contributed by atoms with E-state index in [1.807, 2.05) is 40.7 Å². The van der Waals surface area contributed by atoms with Gasteiger partial charge in [0.15, 0.2) is 10.8 Å². The summed E-state index contributed by atoms with van der Waals surface area (Å²) in [7, 11) is 0. The molecule has 3 aromatic heterocycles. The van der Waals surface area contributed by atoms with Crippen molar-refractivity contribution in [3.8, 4) is 0 Å². The molecule has 3 aromatic rings. The topological polar surface area (TPSA) is 192 Å². The molecule has 0 spiro atoms. The molecule has 0 radical (unpaired) electrons. The third-order valence-corrected chi connectivity index (χ3v) is 10.7. The maximum atomic E-state index is 13.0. The highest BCUT2D eigenvalue weighted by molar-refractivity contribution is 8.19. The maximum absolute atomic E-state index is 13.0. The van der Waals surface area contributed by atoms with Gasteiger partial charge in [-0.1, -0.05) is 5.16 Å². The first-order valence-electron chi connectivity index (χ1n) is 11.9. The molecule has 41 heavy (non-hydrogen) atoms. The van der Waals surface area contributed by atoms with E-state index >= 15 is 0 Å². The minimum Gasteiger partial charge on any atom is -0.477 e. The number of amides is 2. The van der Waals surface area contributed by atoms with Gasteiger partial charge in [-0.05, 0) is 11.6 Å². The van der Waals surface area contributed by atoms with Crippen LogP contribution in [-0.4, -0.2) is 87.0 Å². The van der Waals surface area contributed by atoms with Crippen molar-refractivity contribution in [2.45, 2.75) is 16.0 Å². The van der Waals surface area contributed by atoms with Gasteiger partial charge in [-0.3, -0.25) is 14.5 Å². The summed E-state index contributed by atoms with van der Waals surface area (Å²) in [6.45, 7) is 0. The van der Waals surface area contributed by atoms with Crippen molar-refractivity contribution < 1.29 is 29.3 Å². The number of aliphatic carboxylic acids is 1. The average Bonchev–Trinajstić information content (AvgIpc) is 3.61. The molecule has 6 rings (SSSR count). The SMILES string of the molecule is Nc1nc(/C(=N/O)C(=O)N[C@@H]2C(=O)N3C(C(=O)O)=C(CSC4C=NC([n+]5ccn6ncccc65)=CS4)CSC23)cs1. The lowest BCUT2D eigenvalue weighted by Gasteiger charge is -2.49. The van der Waals surface area contributed by atoms with Gasteiger partial charge in [0.2, 0.25) is 0 Å². The van der Waals surface area contributed by atoms with E-state index in [1.54, 1.807) is 22.5 Å². The smallest absolute Gasteiger partial charge is 0.352 e. The van der Waals surface area contributed by atoms with E-state index in [2.05, 4.69) is 25.5 Å². The van der Waals surface area contributed by atoms with Gasteiger partial charge in [-0.25, -0.2) is 9.78 Å². The van der Waals surface area contributed by atoms with Crippen LogP contribution in [0, 0.1) is 0 Å². The highest BCUT2D eigenvalue weighted by Gasteiger charge is 2.54. The van der Waals surface area contributed by atoms with Crippen molar-refractivity contribution in [2.24, 2.45) is 10.1 Å². The Hall–Kier alpha value is -3.87. The van der Waals surface area contributed by atoms with Gasteiger partial charge in [-0.15, -0.1) is 61.2 Å². The molecular weight excluding hydrogens is 611 g/mol. The minimum atomic E-state index is -1.21. The van der Waals surface area contributed by atoms with Gasteiger partial charge < -0.3 is 21.4 Å². The Bertz CT molecular complexity index is 1700. The second kappa shape index (κ2) is 11.2. The number of fused-ring (bicyclic) bond motifs is 2. The van der Waals surface area contributed by atoms with Gasteiger partial charge in [0, 0.05) is 28.4 Å². The molecule has 3 aliphatic heterocycles. The number of nitrogen functional groups attached to an aromatic ring is 1. The van der Waals surface area contributed by atoms with Crippen LogP contribution < -0.4 is 15.6 Å². The first kappa shape index (κ1) is 27.3. The van der Waals surface area contributed by atoms with Gasteiger partial charge in [0.25, 0.3) is 23.3 Å². The minimum absolute atomic E-state index is 0.0494. The number of hydrogen-bond acceptors (Lipinski definition) is 13. The summed E-state index contributed by atoms with van der Waals surface area (Å²) < 4.78 is 3.62.